The topological polar surface area (TPSA) is 67.8 Å². The minimum atomic E-state index is -0.296. The van der Waals surface area contributed by atoms with Crippen molar-refractivity contribution in [1.82, 2.24) is 10.1 Å². The number of halogens is 1. The first-order chi connectivity index (χ1) is 8.18. The second-order valence-electron chi connectivity index (χ2n) is 3.90. The van der Waals surface area contributed by atoms with Crippen LogP contribution in [0, 0.1) is 12.7 Å². The normalized spacial score (nSPS) is 11.2. The van der Waals surface area contributed by atoms with E-state index in [1.165, 1.54) is 12.3 Å². The first kappa shape index (κ1) is 9.89. The molecule has 1 aromatic carbocycles. The van der Waals surface area contributed by atoms with E-state index in [-0.39, 0.29) is 5.82 Å². The highest BCUT2D eigenvalue weighted by Crippen LogP contribution is 2.35. The summed E-state index contributed by atoms with van der Waals surface area (Å²) in [4.78, 5) is 2.99. The Morgan fingerprint density at radius 3 is 2.94 bits per heavy atom. The van der Waals surface area contributed by atoms with Crippen molar-refractivity contribution >= 4 is 16.6 Å². The molecular weight excluding hydrogens is 221 g/mol. The third-order valence-electron chi connectivity index (χ3n) is 2.80. The molecule has 0 aliphatic heterocycles. The van der Waals surface area contributed by atoms with E-state index in [0.717, 1.165) is 16.6 Å². The number of para-hydroxylation sites is 1. The maximum atomic E-state index is 13.6. The third kappa shape index (κ3) is 1.32. The highest BCUT2D eigenvalue weighted by atomic mass is 19.1. The lowest BCUT2D eigenvalue weighted by molar-refractivity contribution is 0.432. The van der Waals surface area contributed by atoms with Crippen LogP contribution in [0.2, 0.25) is 0 Å². The van der Waals surface area contributed by atoms with Crippen molar-refractivity contribution in [1.29, 1.82) is 0 Å². The van der Waals surface area contributed by atoms with Crippen LogP contribution in [0.4, 0.5) is 10.1 Å². The monoisotopic (exact) mass is 231 g/mol. The van der Waals surface area contributed by atoms with E-state index in [1.54, 1.807) is 6.07 Å². The molecule has 0 radical (unpaired) electrons. The van der Waals surface area contributed by atoms with Gasteiger partial charge >= 0.3 is 0 Å². The molecule has 2 heterocycles. The van der Waals surface area contributed by atoms with E-state index in [9.17, 15) is 4.39 Å². The second-order valence-corrected chi connectivity index (χ2v) is 3.90. The Bertz CT molecular complexity index is 699. The number of hydrogen-bond acceptors (Lipinski definition) is 3. The van der Waals surface area contributed by atoms with Crippen LogP contribution in [-0.4, -0.2) is 10.1 Å². The molecule has 17 heavy (non-hydrogen) atoms. The second kappa shape index (κ2) is 3.35. The smallest absolute Gasteiger partial charge is 0.192 e. The number of fused-ring (bicyclic) bond motifs is 1. The zero-order valence-electron chi connectivity index (χ0n) is 9.12. The Morgan fingerprint density at radius 1 is 1.41 bits per heavy atom. The predicted octanol–water partition coefficient (Wildman–Crippen LogP) is 2.85. The molecule has 3 N–H and O–H groups in total. The fraction of sp³-hybridized carbons (Fsp3) is 0.0833. The van der Waals surface area contributed by atoms with Crippen LogP contribution in [0.1, 0.15) is 5.69 Å². The highest BCUT2D eigenvalue weighted by Gasteiger charge is 2.18. The zero-order valence-corrected chi connectivity index (χ0v) is 9.12. The molecular formula is C12H10FN3O. The van der Waals surface area contributed by atoms with Gasteiger partial charge in [-0.3, -0.25) is 0 Å². The first-order valence-corrected chi connectivity index (χ1v) is 5.16. The minimum Gasteiger partial charge on any atom is -0.394 e. The molecule has 0 saturated carbocycles. The Morgan fingerprint density at radius 2 is 2.24 bits per heavy atom. The van der Waals surface area contributed by atoms with Gasteiger partial charge in [0.1, 0.15) is 11.5 Å². The number of nitrogen functional groups attached to an aromatic ring is 1. The molecule has 3 rings (SSSR count). The molecule has 0 bridgehead atoms. The molecule has 86 valence electrons. The van der Waals surface area contributed by atoms with Gasteiger partial charge in [0, 0.05) is 11.1 Å². The summed E-state index contributed by atoms with van der Waals surface area (Å²) in [6.45, 7) is 1.84. The third-order valence-corrected chi connectivity index (χ3v) is 2.80. The Kier molecular flexibility index (Phi) is 1.95. The number of aromatic nitrogens is 2. The number of nitrogens with zero attached hydrogens (tertiary/aromatic N) is 1. The largest absolute Gasteiger partial charge is 0.394 e. The molecule has 5 heteroatoms. The van der Waals surface area contributed by atoms with Crippen LogP contribution in [-0.2, 0) is 0 Å². The summed E-state index contributed by atoms with van der Waals surface area (Å²) in [5.41, 5.74) is 8.22. The van der Waals surface area contributed by atoms with E-state index in [4.69, 9.17) is 10.3 Å². The minimum absolute atomic E-state index is 0.296. The number of nitrogens with one attached hydrogen (secondary N) is 1. The summed E-state index contributed by atoms with van der Waals surface area (Å²) in [5, 5.41) is 4.38. The summed E-state index contributed by atoms with van der Waals surface area (Å²) in [7, 11) is 0. The molecule has 0 atom stereocenters. The van der Waals surface area contributed by atoms with Gasteiger partial charge < -0.3 is 15.2 Å². The lowest BCUT2D eigenvalue weighted by Crippen LogP contribution is -1.85. The molecule has 0 saturated heterocycles. The average molecular weight is 231 g/mol. The van der Waals surface area contributed by atoms with Gasteiger partial charge in [0.2, 0.25) is 0 Å². The van der Waals surface area contributed by atoms with Crippen LogP contribution in [0.5, 0.6) is 0 Å². The van der Waals surface area contributed by atoms with E-state index >= 15 is 0 Å². The maximum absolute atomic E-state index is 13.6. The van der Waals surface area contributed by atoms with Crippen LogP contribution >= 0.6 is 0 Å². The van der Waals surface area contributed by atoms with Gasteiger partial charge in [-0.1, -0.05) is 17.3 Å². The number of nitrogens with two attached hydrogens (primary N) is 1. The molecule has 0 spiro atoms. The van der Waals surface area contributed by atoms with Gasteiger partial charge in [0.05, 0.1) is 17.3 Å². The zero-order chi connectivity index (χ0) is 12.0. The number of aromatic amines is 1. The first-order valence-electron chi connectivity index (χ1n) is 5.16. The molecule has 0 fully saturated rings. The van der Waals surface area contributed by atoms with Gasteiger partial charge in [0.15, 0.2) is 5.76 Å². The van der Waals surface area contributed by atoms with Crippen molar-refractivity contribution in [2.24, 2.45) is 0 Å². The summed E-state index contributed by atoms with van der Waals surface area (Å²) >= 11 is 0. The van der Waals surface area contributed by atoms with Gasteiger partial charge in [0.25, 0.3) is 0 Å². The van der Waals surface area contributed by atoms with E-state index in [2.05, 4.69) is 10.1 Å². The van der Waals surface area contributed by atoms with Gasteiger partial charge in [-0.15, -0.1) is 0 Å². The van der Waals surface area contributed by atoms with Crippen molar-refractivity contribution in [3.8, 4) is 11.3 Å². The number of H-pyrrole nitrogens is 1. The number of hydrogen-bond donors (Lipinski definition) is 2. The Balaban J connectivity index is 2.41. The highest BCUT2D eigenvalue weighted by molar-refractivity contribution is 5.98. The molecule has 0 amide bonds. The summed E-state index contributed by atoms with van der Waals surface area (Å²) in [6, 6.07) is 4.88. The predicted molar refractivity (Wildman–Crippen MR) is 62.9 cm³/mol. The lowest BCUT2D eigenvalue weighted by Gasteiger charge is -1.97. The summed E-state index contributed by atoms with van der Waals surface area (Å²) in [6.07, 6.45) is 1.44. The van der Waals surface area contributed by atoms with E-state index in [0.29, 0.717) is 17.0 Å². The fourth-order valence-corrected chi connectivity index (χ4v) is 2.04. The van der Waals surface area contributed by atoms with Crippen molar-refractivity contribution in [3.05, 3.63) is 35.9 Å². The van der Waals surface area contributed by atoms with Crippen LogP contribution in [0.3, 0.4) is 0 Å². The number of aryl methyl sites for hydroxylation is 1. The molecule has 0 unspecified atom stereocenters. The standard InChI is InChI=1S/C12H10FN3O/c1-6-10(12-9(14)5-15-17-12)7-3-2-4-8(13)11(7)16-6/h2-5,16H,14H2,1H3. The van der Waals surface area contributed by atoms with E-state index < -0.39 is 0 Å². The molecule has 4 nitrogen and oxygen atoms in total. The fourth-order valence-electron chi connectivity index (χ4n) is 2.04. The quantitative estimate of drug-likeness (QED) is 0.676. The molecule has 0 aliphatic carbocycles. The number of anilines is 1. The van der Waals surface area contributed by atoms with Gasteiger partial charge in [-0.25, -0.2) is 4.39 Å². The number of rotatable bonds is 1. The van der Waals surface area contributed by atoms with Crippen molar-refractivity contribution in [2.45, 2.75) is 6.92 Å². The number of benzene rings is 1. The molecule has 3 aromatic rings. The van der Waals surface area contributed by atoms with Crippen LogP contribution in [0.25, 0.3) is 22.2 Å². The molecule has 0 aliphatic rings. The van der Waals surface area contributed by atoms with Crippen molar-refractivity contribution in [2.75, 3.05) is 5.73 Å². The maximum Gasteiger partial charge on any atom is 0.192 e. The van der Waals surface area contributed by atoms with Gasteiger partial charge in [-0.2, -0.15) is 0 Å². The SMILES string of the molecule is Cc1[nH]c2c(F)cccc2c1-c1oncc1N. The average Bonchev–Trinajstić information content (AvgIpc) is 2.83. The Hall–Kier alpha value is -2.30. The van der Waals surface area contributed by atoms with Crippen molar-refractivity contribution in [3.63, 3.8) is 0 Å². The van der Waals surface area contributed by atoms with Crippen LogP contribution in [0.15, 0.2) is 28.9 Å². The van der Waals surface area contributed by atoms with Crippen molar-refractivity contribution < 1.29 is 8.91 Å². The molecule has 2 aromatic heterocycles. The van der Waals surface area contributed by atoms with Crippen LogP contribution < -0.4 is 5.73 Å². The van der Waals surface area contributed by atoms with Gasteiger partial charge in [-0.05, 0) is 13.0 Å². The summed E-state index contributed by atoms with van der Waals surface area (Å²) < 4.78 is 18.7. The Labute approximate surface area is 96.2 Å². The summed E-state index contributed by atoms with van der Waals surface area (Å²) in [5.74, 6) is 0.175. The van der Waals surface area contributed by atoms with E-state index in [1.807, 2.05) is 13.0 Å². The lowest BCUT2D eigenvalue weighted by atomic mass is 10.1.